The summed E-state index contributed by atoms with van der Waals surface area (Å²) in [7, 11) is 0. The van der Waals surface area contributed by atoms with Crippen LogP contribution in [0.25, 0.3) is 5.76 Å². The number of aliphatic hydroxyl groups is 1. The summed E-state index contributed by atoms with van der Waals surface area (Å²) in [5, 5.41) is 10.0. The van der Waals surface area contributed by atoms with Gasteiger partial charge in [-0.05, 0) is 30.4 Å². The summed E-state index contributed by atoms with van der Waals surface area (Å²) in [5.74, 6) is 0.579. The third-order valence-corrected chi connectivity index (χ3v) is 3.23. The Morgan fingerprint density at radius 1 is 1.44 bits per heavy atom. The van der Waals surface area contributed by atoms with Gasteiger partial charge in [0.05, 0.1) is 0 Å². The lowest BCUT2D eigenvalue weighted by Gasteiger charge is -2.16. The lowest BCUT2D eigenvalue weighted by Crippen LogP contribution is -1.98. The van der Waals surface area contributed by atoms with Gasteiger partial charge in [-0.2, -0.15) is 0 Å². The molecule has 0 saturated heterocycles. The molecule has 0 aromatic heterocycles. The van der Waals surface area contributed by atoms with E-state index < -0.39 is 0 Å². The molecule has 88 valence electrons. The van der Waals surface area contributed by atoms with E-state index in [2.05, 4.69) is 20.4 Å². The molecule has 0 radical (unpaired) electrons. The van der Waals surface area contributed by atoms with Crippen LogP contribution in [0.15, 0.2) is 24.8 Å². The van der Waals surface area contributed by atoms with E-state index in [1.54, 1.807) is 6.07 Å². The number of benzene rings is 1. The Labute approximate surface area is 103 Å². The Morgan fingerprint density at radius 3 is 2.56 bits per heavy atom. The molecule has 16 heavy (non-hydrogen) atoms. The van der Waals surface area contributed by atoms with Crippen LogP contribution in [-0.4, -0.2) is 5.11 Å². The van der Waals surface area contributed by atoms with Crippen molar-refractivity contribution in [1.82, 2.24) is 0 Å². The maximum atomic E-state index is 9.29. The molecule has 1 unspecified atom stereocenters. The fourth-order valence-corrected chi connectivity index (χ4v) is 2.30. The van der Waals surface area contributed by atoms with Crippen LogP contribution in [0, 0.1) is 0 Å². The maximum Gasteiger partial charge on any atom is 0.115 e. The Kier molecular flexibility index (Phi) is 4.88. The fraction of sp³-hybridized carbons (Fsp3) is 0.429. The van der Waals surface area contributed by atoms with Crippen LogP contribution in [-0.2, 0) is 0 Å². The van der Waals surface area contributed by atoms with Crippen molar-refractivity contribution in [3.05, 3.63) is 40.9 Å². The molecule has 0 bridgehead atoms. The van der Waals surface area contributed by atoms with E-state index in [0.29, 0.717) is 11.5 Å². The van der Waals surface area contributed by atoms with Gasteiger partial charge in [0.1, 0.15) is 5.76 Å². The zero-order valence-electron chi connectivity index (χ0n) is 9.96. The fourth-order valence-electron chi connectivity index (χ4n) is 1.97. The second-order valence-electron chi connectivity index (χ2n) is 4.08. The van der Waals surface area contributed by atoms with Gasteiger partial charge < -0.3 is 5.11 Å². The number of hydrogen-bond acceptors (Lipinski definition) is 1. The third-order valence-electron chi connectivity index (χ3n) is 2.90. The van der Waals surface area contributed by atoms with Gasteiger partial charge >= 0.3 is 0 Å². The lowest BCUT2D eigenvalue weighted by molar-refractivity contribution is 0.513. The van der Waals surface area contributed by atoms with Gasteiger partial charge in [-0.3, -0.25) is 0 Å². The monoisotopic (exact) mass is 238 g/mol. The van der Waals surface area contributed by atoms with Gasteiger partial charge in [0.25, 0.3) is 0 Å². The quantitative estimate of drug-likeness (QED) is 0.703. The Balaban J connectivity index is 3.01. The SMILES string of the molecule is C=C(O)c1ccc(C(CC)CCC)c(Cl)c1. The van der Waals surface area contributed by atoms with E-state index in [1.165, 1.54) is 5.56 Å². The second kappa shape index (κ2) is 5.95. The first-order chi connectivity index (χ1) is 7.60. The molecular weight excluding hydrogens is 220 g/mol. The van der Waals surface area contributed by atoms with Crippen LogP contribution in [0.4, 0.5) is 0 Å². The minimum atomic E-state index is 0.0667. The highest BCUT2D eigenvalue weighted by Gasteiger charge is 2.12. The van der Waals surface area contributed by atoms with Crippen LogP contribution in [0.3, 0.4) is 0 Å². The average molecular weight is 239 g/mol. The minimum Gasteiger partial charge on any atom is -0.508 e. The third kappa shape index (κ3) is 3.02. The van der Waals surface area contributed by atoms with E-state index in [9.17, 15) is 5.11 Å². The molecule has 1 rings (SSSR count). The molecule has 1 aromatic carbocycles. The van der Waals surface area contributed by atoms with Crippen molar-refractivity contribution in [2.24, 2.45) is 0 Å². The number of hydrogen-bond donors (Lipinski definition) is 1. The van der Waals surface area contributed by atoms with E-state index in [0.717, 1.165) is 24.3 Å². The van der Waals surface area contributed by atoms with E-state index >= 15 is 0 Å². The number of rotatable bonds is 5. The van der Waals surface area contributed by atoms with Crippen molar-refractivity contribution in [1.29, 1.82) is 0 Å². The lowest BCUT2D eigenvalue weighted by atomic mass is 9.91. The summed E-state index contributed by atoms with van der Waals surface area (Å²) >= 11 is 6.23. The van der Waals surface area contributed by atoms with Crippen molar-refractivity contribution in [3.63, 3.8) is 0 Å². The smallest absolute Gasteiger partial charge is 0.115 e. The first-order valence-corrected chi connectivity index (χ1v) is 6.15. The Hall–Kier alpha value is -0.950. The largest absolute Gasteiger partial charge is 0.508 e. The van der Waals surface area contributed by atoms with Crippen molar-refractivity contribution in [2.45, 2.75) is 39.0 Å². The number of halogens is 1. The van der Waals surface area contributed by atoms with Gasteiger partial charge in [-0.15, -0.1) is 0 Å². The average Bonchev–Trinajstić information content (AvgIpc) is 2.26. The highest BCUT2D eigenvalue weighted by Crippen LogP contribution is 2.32. The normalized spacial score (nSPS) is 12.4. The zero-order valence-corrected chi connectivity index (χ0v) is 10.7. The van der Waals surface area contributed by atoms with Crippen molar-refractivity contribution < 1.29 is 5.11 Å². The summed E-state index contributed by atoms with van der Waals surface area (Å²) in [6.07, 6.45) is 3.39. The number of aliphatic hydroxyl groups excluding tert-OH is 1. The molecule has 1 nitrogen and oxygen atoms in total. The van der Waals surface area contributed by atoms with Gasteiger partial charge in [0.15, 0.2) is 0 Å². The molecule has 0 spiro atoms. The molecule has 2 heteroatoms. The molecule has 0 saturated carbocycles. The van der Waals surface area contributed by atoms with E-state index in [4.69, 9.17) is 11.6 Å². The molecule has 1 atom stereocenters. The molecule has 0 aliphatic heterocycles. The molecule has 0 amide bonds. The first kappa shape index (κ1) is 13.1. The highest BCUT2D eigenvalue weighted by molar-refractivity contribution is 6.31. The van der Waals surface area contributed by atoms with Crippen molar-refractivity contribution in [2.75, 3.05) is 0 Å². The molecular formula is C14H19ClO. The van der Waals surface area contributed by atoms with Crippen LogP contribution < -0.4 is 0 Å². The van der Waals surface area contributed by atoms with Gasteiger partial charge in [-0.25, -0.2) is 0 Å². The first-order valence-electron chi connectivity index (χ1n) is 5.77. The van der Waals surface area contributed by atoms with Crippen molar-refractivity contribution in [3.8, 4) is 0 Å². The van der Waals surface area contributed by atoms with Crippen LogP contribution in [0.5, 0.6) is 0 Å². The summed E-state index contributed by atoms with van der Waals surface area (Å²) < 4.78 is 0. The Bertz CT molecular complexity index is 371. The predicted molar refractivity (Wildman–Crippen MR) is 71.1 cm³/mol. The van der Waals surface area contributed by atoms with E-state index in [1.807, 2.05) is 12.1 Å². The predicted octanol–water partition coefficient (Wildman–Crippen LogP) is 5.16. The molecule has 0 aliphatic carbocycles. The summed E-state index contributed by atoms with van der Waals surface area (Å²) in [4.78, 5) is 0. The van der Waals surface area contributed by atoms with E-state index in [-0.39, 0.29) is 5.76 Å². The van der Waals surface area contributed by atoms with Crippen LogP contribution >= 0.6 is 11.6 Å². The topological polar surface area (TPSA) is 20.2 Å². The Morgan fingerprint density at radius 2 is 2.12 bits per heavy atom. The standard InChI is InChI=1S/C14H19ClO/c1-4-6-11(5-2)13-8-7-12(10(3)16)9-14(13)15/h7-9,11,16H,3-6H2,1-2H3. The molecule has 1 N–H and O–H groups in total. The summed E-state index contributed by atoms with van der Waals surface area (Å²) in [5.41, 5.74) is 1.87. The van der Waals surface area contributed by atoms with Gasteiger partial charge in [0.2, 0.25) is 0 Å². The second-order valence-corrected chi connectivity index (χ2v) is 4.48. The maximum absolute atomic E-state index is 9.29. The van der Waals surface area contributed by atoms with Crippen LogP contribution in [0.1, 0.15) is 50.2 Å². The van der Waals surface area contributed by atoms with Crippen LogP contribution in [0.2, 0.25) is 5.02 Å². The molecule has 0 aliphatic rings. The molecule has 0 heterocycles. The minimum absolute atomic E-state index is 0.0667. The van der Waals surface area contributed by atoms with Crippen molar-refractivity contribution >= 4 is 17.4 Å². The zero-order chi connectivity index (χ0) is 12.1. The molecule has 1 aromatic rings. The van der Waals surface area contributed by atoms with Gasteiger partial charge in [-0.1, -0.05) is 50.6 Å². The summed E-state index contributed by atoms with van der Waals surface area (Å²) in [6.45, 7) is 7.85. The summed E-state index contributed by atoms with van der Waals surface area (Å²) in [6, 6.07) is 5.67. The van der Waals surface area contributed by atoms with Gasteiger partial charge in [0, 0.05) is 10.6 Å². The molecule has 0 fully saturated rings. The highest BCUT2D eigenvalue weighted by atomic mass is 35.5.